The molecule has 0 aliphatic carbocycles. The number of hydrogen-bond donors (Lipinski definition) is 1. The maximum absolute atomic E-state index is 13.0. The molecular formula is C16H26FN3. The number of aromatic nitrogens is 1. The predicted molar refractivity (Wildman–Crippen MR) is 80.1 cm³/mol. The monoisotopic (exact) mass is 279 g/mol. The van der Waals surface area contributed by atoms with E-state index in [9.17, 15) is 4.39 Å². The lowest BCUT2D eigenvalue weighted by Crippen LogP contribution is -2.35. The van der Waals surface area contributed by atoms with Crippen molar-refractivity contribution >= 4 is 0 Å². The molecule has 20 heavy (non-hydrogen) atoms. The molecule has 1 atom stereocenters. The van der Waals surface area contributed by atoms with E-state index in [-0.39, 0.29) is 11.9 Å². The van der Waals surface area contributed by atoms with Crippen molar-refractivity contribution < 1.29 is 4.39 Å². The van der Waals surface area contributed by atoms with Crippen molar-refractivity contribution in [1.29, 1.82) is 0 Å². The van der Waals surface area contributed by atoms with Crippen LogP contribution in [0.1, 0.15) is 44.8 Å². The third kappa shape index (κ3) is 4.53. The molecule has 2 rings (SSSR count). The first kappa shape index (κ1) is 15.4. The SMILES string of the molecule is CCNC(CCN1CCC(C)CC1)c1ccc(F)cn1. The second kappa shape index (κ2) is 7.70. The fourth-order valence-electron chi connectivity index (χ4n) is 2.79. The van der Waals surface area contributed by atoms with Gasteiger partial charge in [-0.3, -0.25) is 4.98 Å². The number of pyridine rings is 1. The summed E-state index contributed by atoms with van der Waals surface area (Å²) in [6.45, 7) is 8.83. The largest absolute Gasteiger partial charge is 0.309 e. The van der Waals surface area contributed by atoms with E-state index in [2.05, 4.69) is 29.0 Å². The molecule has 0 saturated carbocycles. The summed E-state index contributed by atoms with van der Waals surface area (Å²) in [7, 11) is 0. The molecule has 1 aliphatic rings. The van der Waals surface area contributed by atoms with Crippen LogP contribution in [-0.2, 0) is 0 Å². The van der Waals surface area contributed by atoms with Crippen LogP contribution in [0, 0.1) is 11.7 Å². The molecule has 112 valence electrons. The summed E-state index contributed by atoms with van der Waals surface area (Å²) in [6.07, 6.45) is 4.95. The van der Waals surface area contributed by atoms with E-state index in [0.717, 1.165) is 31.1 Å². The highest BCUT2D eigenvalue weighted by atomic mass is 19.1. The molecule has 3 nitrogen and oxygen atoms in total. The van der Waals surface area contributed by atoms with Crippen LogP contribution in [0.4, 0.5) is 4.39 Å². The van der Waals surface area contributed by atoms with Gasteiger partial charge in [-0.15, -0.1) is 0 Å². The van der Waals surface area contributed by atoms with Crippen molar-refractivity contribution in [1.82, 2.24) is 15.2 Å². The lowest BCUT2D eigenvalue weighted by atomic mass is 9.98. The van der Waals surface area contributed by atoms with Crippen LogP contribution in [-0.4, -0.2) is 36.1 Å². The molecule has 0 aromatic carbocycles. The first-order valence-electron chi connectivity index (χ1n) is 7.76. The molecule has 1 aromatic heterocycles. The van der Waals surface area contributed by atoms with Crippen molar-refractivity contribution in [3.8, 4) is 0 Å². The van der Waals surface area contributed by atoms with Gasteiger partial charge < -0.3 is 10.2 Å². The molecule has 1 aliphatic heterocycles. The van der Waals surface area contributed by atoms with E-state index in [4.69, 9.17) is 0 Å². The zero-order valence-electron chi connectivity index (χ0n) is 12.6. The Labute approximate surface area is 121 Å². The Bertz CT molecular complexity index is 385. The molecule has 0 spiro atoms. The summed E-state index contributed by atoms with van der Waals surface area (Å²) < 4.78 is 13.0. The fourth-order valence-corrected chi connectivity index (χ4v) is 2.79. The van der Waals surface area contributed by atoms with Gasteiger partial charge in [0.1, 0.15) is 5.82 Å². The van der Waals surface area contributed by atoms with Gasteiger partial charge in [-0.05, 0) is 63.5 Å². The maximum Gasteiger partial charge on any atom is 0.141 e. The summed E-state index contributed by atoms with van der Waals surface area (Å²) >= 11 is 0. The molecule has 0 amide bonds. The summed E-state index contributed by atoms with van der Waals surface area (Å²) in [5.74, 6) is 0.601. The molecule has 4 heteroatoms. The lowest BCUT2D eigenvalue weighted by Gasteiger charge is -2.31. The van der Waals surface area contributed by atoms with Gasteiger partial charge in [0, 0.05) is 0 Å². The van der Waals surface area contributed by atoms with Crippen molar-refractivity contribution in [3.63, 3.8) is 0 Å². The number of rotatable bonds is 6. The molecular weight excluding hydrogens is 253 g/mol. The molecule has 2 heterocycles. The van der Waals surface area contributed by atoms with Crippen LogP contribution in [0.2, 0.25) is 0 Å². The Kier molecular flexibility index (Phi) is 5.92. The third-order valence-electron chi connectivity index (χ3n) is 4.17. The first-order valence-corrected chi connectivity index (χ1v) is 7.76. The number of likely N-dealkylation sites (tertiary alicyclic amines) is 1. The van der Waals surface area contributed by atoms with Gasteiger partial charge in [0.2, 0.25) is 0 Å². The van der Waals surface area contributed by atoms with Gasteiger partial charge in [-0.2, -0.15) is 0 Å². The average Bonchev–Trinajstić information content (AvgIpc) is 2.46. The van der Waals surface area contributed by atoms with Crippen molar-refractivity contribution in [2.45, 2.75) is 39.2 Å². The highest BCUT2D eigenvalue weighted by Gasteiger charge is 2.18. The molecule has 0 radical (unpaired) electrons. The van der Waals surface area contributed by atoms with Gasteiger partial charge in [-0.1, -0.05) is 13.8 Å². The van der Waals surface area contributed by atoms with E-state index in [1.54, 1.807) is 6.07 Å². The molecule has 1 fully saturated rings. The number of hydrogen-bond acceptors (Lipinski definition) is 3. The zero-order chi connectivity index (χ0) is 14.4. The van der Waals surface area contributed by atoms with Gasteiger partial charge >= 0.3 is 0 Å². The van der Waals surface area contributed by atoms with Crippen LogP contribution >= 0.6 is 0 Å². The normalized spacial score (nSPS) is 19.1. The highest BCUT2D eigenvalue weighted by molar-refractivity contribution is 5.10. The number of piperidine rings is 1. The van der Waals surface area contributed by atoms with Crippen LogP contribution in [0.25, 0.3) is 0 Å². The molecule has 1 N–H and O–H groups in total. The Morgan fingerprint density at radius 1 is 1.40 bits per heavy atom. The fraction of sp³-hybridized carbons (Fsp3) is 0.688. The Morgan fingerprint density at radius 2 is 2.15 bits per heavy atom. The standard InChI is InChI=1S/C16H26FN3/c1-3-18-16(15-5-4-14(17)12-19-15)8-11-20-9-6-13(2)7-10-20/h4-5,12-13,16,18H,3,6-11H2,1-2H3. The minimum Gasteiger partial charge on any atom is -0.309 e. The Morgan fingerprint density at radius 3 is 2.75 bits per heavy atom. The van der Waals surface area contributed by atoms with Gasteiger partial charge in [-0.25, -0.2) is 4.39 Å². The Balaban J connectivity index is 1.87. The number of nitrogens with one attached hydrogen (secondary N) is 1. The topological polar surface area (TPSA) is 28.2 Å². The summed E-state index contributed by atoms with van der Waals surface area (Å²) in [6, 6.07) is 3.51. The number of halogens is 1. The lowest BCUT2D eigenvalue weighted by molar-refractivity contribution is 0.184. The predicted octanol–water partition coefficient (Wildman–Crippen LogP) is 2.99. The Hall–Kier alpha value is -1.00. The van der Waals surface area contributed by atoms with Crippen molar-refractivity contribution in [2.75, 3.05) is 26.2 Å². The van der Waals surface area contributed by atoms with E-state index in [1.807, 2.05) is 0 Å². The number of nitrogens with zero attached hydrogens (tertiary/aromatic N) is 2. The van der Waals surface area contributed by atoms with Crippen LogP contribution in [0.3, 0.4) is 0 Å². The average molecular weight is 279 g/mol. The molecule has 1 unspecified atom stereocenters. The van der Waals surface area contributed by atoms with Crippen molar-refractivity contribution in [3.05, 3.63) is 29.8 Å². The van der Waals surface area contributed by atoms with Gasteiger partial charge in [0.25, 0.3) is 0 Å². The zero-order valence-corrected chi connectivity index (χ0v) is 12.6. The van der Waals surface area contributed by atoms with Crippen molar-refractivity contribution in [2.24, 2.45) is 5.92 Å². The molecule has 0 bridgehead atoms. The second-order valence-corrected chi connectivity index (χ2v) is 5.82. The minimum atomic E-state index is -0.269. The molecule has 1 aromatic rings. The molecule has 1 saturated heterocycles. The van der Waals surface area contributed by atoms with Crippen LogP contribution < -0.4 is 5.32 Å². The quantitative estimate of drug-likeness (QED) is 0.867. The summed E-state index contributed by atoms with van der Waals surface area (Å²) in [4.78, 5) is 6.75. The minimum absolute atomic E-state index is 0.222. The highest BCUT2D eigenvalue weighted by Crippen LogP contribution is 2.19. The first-order chi connectivity index (χ1) is 9.69. The third-order valence-corrected chi connectivity index (χ3v) is 4.17. The second-order valence-electron chi connectivity index (χ2n) is 5.82. The van der Waals surface area contributed by atoms with E-state index in [0.29, 0.717) is 0 Å². The summed E-state index contributed by atoms with van der Waals surface area (Å²) in [5, 5.41) is 3.46. The van der Waals surface area contributed by atoms with Crippen LogP contribution in [0.5, 0.6) is 0 Å². The van der Waals surface area contributed by atoms with Gasteiger partial charge in [0.15, 0.2) is 0 Å². The summed E-state index contributed by atoms with van der Waals surface area (Å²) in [5.41, 5.74) is 0.943. The van der Waals surface area contributed by atoms with E-state index >= 15 is 0 Å². The van der Waals surface area contributed by atoms with Crippen LogP contribution in [0.15, 0.2) is 18.3 Å². The van der Waals surface area contributed by atoms with Gasteiger partial charge in [0.05, 0.1) is 17.9 Å². The van der Waals surface area contributed by atoms with E-state index < -0.39 is 0 Å². The smallest absolute Gasteiger partial charge is 0.141 e. The maximum atomic E-state index is 13.0. The van der Waals surface area contributed by atoms with E-state index in [1.165, 1.54) is 38.2 Å².